The van der Waals surface area contributed by atoms with Crippen LogP contribution in [0.1, 0.15) is 39.0 Å². The van der Waals surface area contributed by atoms with Gasteiger partial charge in [-0.15, -0.1) is 0 Å². The van der Waals surface area contributed by atoms with Crippen molar-refractivity contribution in [3.05, 3.63) is 22.7 Å². The Morgan fingerprint density at radius 1 is 1.30 bits per heavy atom. The number of aromatic nitrogens is 2. The first-order valence-corrected chi connectivity index (χ1v) is 9.60. The lowest BCUT2D eigenvalue weighted by atomic mass is 9.52. The van der Waals surface area contributed by atoms with Gasteiger partial charge in [0.2, 0.25) is 11.8 Å². The third-order valence-corrected chi connectivity index (χ3v) is 6.19. The molecule has 5 rings (SSSR count). The van der Waals surface area contributed by atoms with Gasteiger partial charge in [0.25, 0.3) is 0 Å². The molecule has 9 heteroatoms. The number of hydrogen-bond donors (Lipinski definition) is 4. The monoisotopic (exact) mass is 394 g/mol. The molecule has 4 aliphatic rings. The maximum absolute atomic E-state index is 14.3. The lowest BCUT2D eigenvalue weighted by molar-refractivity contribution is -0.129. The van der Waals surface area contributed by atoms with Gasteiger partial charge in [-0.2, -0.15) is 14.4 Å². The number of anilines is 1. The SMILES string of the molecule is C/C(N)=C/C(N)=Nc1nc(NC2C3CC4CC2CC(O)(C4)C3)nc(Cl)c1F. The summed E-state index contributed by atoms with van der Waals surface area (Å²) in [5.74, 6) is 0.511. The molecule has 7 nitrogen and oxygen atoms in total. The number of nitrogens with zero attached hydrogens (tertiary/aromatic N) is 3. The maximum atomic E-state index is 14.3. The molecular formula is C18H24ClFN6O. The van der Waals surface area contributed by atoms with Crippen molar-refractivity contribution in [1.29, 1.82) is 0 Å². The molecule has 2 unspecified atom stereocenters. The summed E-state index contributed by atoms with van der Waals surface area (Å²) in [6, 6.07) is 0.142. The van der Waals surface area contributed by atoms with Crippen molar-refractivity contribution >= 4 is 29.2 Å². The molecule has 4 aliphatic carbocycles. The van der Waals surface area contributed by atoms with Crippen LogP contribution < -0.4 is 16.8 Å². The third kappa shape index (κ3) is 3.60. The lowest BCUT2D eigenvalue weighted by Crippen LogP contribution is -2.59. The van der Waals surface area contributed by atoms with Gasteiger partial charge in [0.05, 0.1) is 5.60 Å². The fourth-order valence-corrected chi connectivity index (χ4v) is 5.47. The molecule has 27 heavy (non-hydrogen) atoms. The largest absolute Gasteiger partial charge is 0.402 e. The number of halogens is 2. The van der Waals surface area contributed by atoms with Crippen LogP contribution in [-0.2, 0) is 0 Å². The van der Waals surface area contributed by atoms with Crippen LogP contribution in [0.2, 0.25) is 5.15 Å². The van der Waals surface area contributed by atoms with E-state index in [1.54, 1.807) is 6.92 Å². The highest BCUT2D eigenvalue weighted by molar-refractivity contribution is 6.29. The summed E-state index contributed by atoms with van der Waals surface area (Å²) in [6.45, 7) is 1.65. The molecule has 146 valence electrons. The third-order valence-electron chi connectivity index (χ3n) is 5.94. The molecule has 4 fully saturated rings. The average molecular weight is 395 g/mol. The number of aliphatic imine (C=N–C) groups is 1. The van der Waals surface area contributed by atoms with Crippen LogP contribution in [0.5, 0.6) is 0 Å². The molecule has 1 aromatic heterocycles. The predicted molar refractivity (Wildman–Crippen MR) is 102 cm³/mol. The summed E-state index contributed by atoms with van der Waals surface area (Å²) in [6.07, 6.45) is 6.07. The summed E-state index contributed by atoms with van der Waals surface area (Å²) in [7, 11) is 0. The number of nitrogens with one attached hydrogen (secondary N) is 1. The van der Waals surface area contributed by atoms with Gasteiger partial charge in [-0.25, -0.2) is 4.99 Å². The quantitative estimate of drug-likeness (QED) is 0.353. The van der Waals surface area contributed by atoms with Crippen LogP contribution in [0.25, 0.3) is 0 Å². The van der Waals surface area contributed by atoms with Crippen LogP contribution in [0.4, 0.5) is 16.2 Å². The molecule has 0 aromatic carbocycles. The van der Waals surface area contributed by atoms with Crippen LogP contribution in [-0.4, -0.2) is 32.6 Å². The van der Waals surface area contributed by atoms with E-state index < -0.39 is 11.4 Å². The topological polar surface area (TPSA) is 122 Å². The molecule has 4 saturated carbocycles. The van der Waals surface area contributed by atoms with Crippen LogP contribution in [0, 0.1) is 23.6 Å². The lowest BCUT2D eigenvalue weighted by Gasteiger charge is -2.58. The molecule has 6 N–H and O–H groups in total. The summed E-state index contributed by atoms with van der Waals surface area (Å²) < 4.78 is 14.3. The van der Waals surface area contributed by atoms with Crippen molar-refractivity contribution in [2.45, 2.75) is 50.7 Å². The first-order valence-electron chi connectivity index (χ1n) is 9.22. The molecule has 4 bridgehead atoms. The van der Waals surface area contributed by atoms with E-state index in [1.165, 1.54) is 6.08 Å². The van der Waals surface area contributed by atoms with E-state index in [0.717, 1.165) is 32.1 Å². The van der Waals surface area contributed by atoms with E-state index in [9.17, 15) is 9.50 Å². The van der Waals surface area contributed by atoms with E-state index >= 15 is 0 Å². The first kappa shape index (κ1) is 18.4. The fraction of sp³-hybridized carbons (Fsp3) is 0.611. The smallest absolute Gasteiger partial charge is 0.226 e. The molecule has 1 heterocycles. The molecule has 0 amide bonds. The highest BCUT2D eigenvalue weighted by Crippen LogP contribution is 2.56. The van der Waals surface area contributed by atoms with Gasteiger partial charge in [-0.1, -0.05) is 11.6 Å². The predicted octanol–water partition coefficient (Wildman–Crippen LogP) is 2.47. The molecule has 2 atom stereocenters. The van der Waals surface area contributed by atoms with Gasteiger partial charge in [0.15, 0.2) is 11.0 Å². The number of rotatable bonds is 4. The molecule has 0 aliphatic heterocycles. The Labute approximate surface area is 162 Å². The van der Waals surface area contributed by atoms with Crippen molar-refractivity contribution < 1.29 is 9.50 Å². The van der Waals surface area contributed by atoms with Gasteiger partial charge >= 0.3 is 0 Å². The van der Waals surface area contributed by atoms with Gasteiger partial charge in [0.1, 0.15) is 5.84 Å². The highest BCUT2D eigenvalue weighted by atomic mass is 35.5. The Morgan fingerprint density at radius 2 is 1.96 bits per heavy atom. The van der Waals surface area contributed by atoms with Crippen molar-refractivity contribution in [2.75, 3.05) is 5.32 Å². The van der Waals surface area contributed by atoms with E-state index in [4.69, 9.17) is 23.1 Å². The molecule has 0 spiro atoms. The summed E-state index contributed by atoms with van der Waals surface area (Å²) >= 11 is 5.94. The Bertz CT molecular complexity index is 808. The second-order valence-electron chi connectivity index (χ2n) is 8.27. The summed E-state index contributed by atoms with van der Waals surface area (Å²) in [5.41, 5.74) is 11.2. The minimum absolute atomic E-state index is 0.0338. The van der Waals surface area contributed by atoms with E-state index in [1.807, 2.05) is 0 Å². The average Bonchev–Trinajstić information content (AvgIpc) is 2.53. The number of aliphatic hydroxyl groups is 1. The van der Waals surface area contributed by atoms with Crippen LogP contribution in [0.15, 0.2) is 16.8 Å². The van der Waals surface area contributed by atoms with E-state index in [-0.39, 0.29) is 28.8 Å². The zero-order valence-corrected chi connectivity index (χ0v) is 15.9. The normalized spacial score (nSPS) is 35.6. The number of hydrogen-bond acceptors (Lipinski definition) is 6. The second-order valence-corrected chi connectivity index (χ2v) is 8.62. The Kier molecular flexibility index (Phi) is 4.50. The van der Waals surface area contributed by atoms with E-state index in [2.05, 4.69) is 20.3 Å². The summed E-state index contributed by atoms with van der Waals surface area (Å²) in [4.78, 5) is 12.2. The van der Waals surface area contributed by atoms with Crippen molar-refractivity contribution in [2.24, 2.45) is 34.2 Å². The molecule has 0 saturated heterocycles. The van der Waals surface area contributed by atoms with Crippen molar-refractivity contribution in [3.63, 3.8) is 0 Å². The zero-order valence-electron chi connectivity index (χ0n) is 15.1. The Hall–Kier alpha value is -1.93. The van der Waals surface area contributed by atoms with Crippen molar-refractivity contribution in [3.8, 4) is 0 Å². The zero-order chi connectivity index (χ0) is 19.3. The van der Waals surface area contributed by atoms with Crippen LogP contribution >= 0.6 is 11.6 Å². The maximum Gasteiger partial charge on any atom is 0.226 e. The minimum Gasteiger partial charge on any atom is -0.402 e. The summed E-state index contributed by atoms with van der Waals surface area (Å²) in [5, 5.41) is 13.7. The first-order chi connectivity index (χ1) is 12.7. The second kappa shape index (κ2) is 6.60. The highest BCUT2D eigenvalue weighted by Gasteiger charge is 2.54. The number of amidine groups is 1. The Balaban J connectivity index is 1.59. The molecular weight excluding hydrogens is 371 g/mol. The minimum atomic E-state index is -0.826. The van der Waals surface area contributed by atoms with Crippen molar-refractivity contribution in [1.82, 2.24) is 9.97 Å². The fourth-order valence-electron chi connectivity index (χ4n) is 5.30. The Morgan fingerprint density at radius 3 is 2.56 bits per heavy atom. The number of allylic oxidation sites excluding steroid dienone is 1. The van der Waals surface area contributed by atoms with Crippen LogP contribution in [0.3, 0.4) is 0 Å². The van der Waals surface area contributed by atoms with Gasteiger partial charge in [-0.05, 0) is 62.9 Å². The molecule has 0 radical (unpaired) electrons. The molecule has 1 aromatic rings. The van der Waals surface area contributed by atoms with E-state index in [0.29, 0.717) is 23.5 Å². The number of nitrogens with two attached hydrogens (primary N) is 2. The van der Waals surface area contributed by atoms with Gasteiger partial charge < -0.3 is 21.9 Å². The van der Waals surface area contributed by atoms with Gasteiger partial charge in [0, 0.05) is 11.7 Å². The van der Waals surface area contributed by atoms with Gasteiger partial charge in [-0.3, -0.25) is 0 Å². The standard InChI is InChI=1S/C18H24ClFN6O/c1-8(21)2-12(22)23-16-13(20)15(19)25-17(26-16)24-14-10-3-9-4-11(14)7-18(27,5-9)6-10/h2,9-11,14,27H,3-7,21H2,1H3,(H3,22,23,24,25,26)/b8-2-.